The van der Waals surface area contributed by atoms with E-state index in [-0.39, 0.29) is 6.54 Å². The molecule has 1 aromatic carbocycles. The molecule has 2 aromatic rings. The third-order valence-electron chi connectivity index (χ3n) is 6.62. The van der Waals surface area contributed by atoms with E-state index in [9.17, 15) is 9.90 Å². The molecule has 1 aromatic heterocycles. The predicted molar refractivity (Wildman–Crippen MR) is 116 cm³/mol. The van der Waals surface area contributed by atoms with E-state index in [2.05, 4.69) is 21.9 Å². The number of aromatic nitrogens is 2. The fourth-order valence-corrected chi connectivity index (χ4v) is 5.02. The Morgan fingerprint density at radius 1 is 1.13 bits per heavy atom. The van der Waals surface area contributed by atoms with Crippen molar-refractivity contribution in [3.05, 3.63) is 40.9 Å². The maximum absolute atomic E-state index is 12.1. The van der Waals surface area contributed by atoms with E-state index in [1.807, 2.05) is 30.3 Å². The number of likely N-dealkylation sites (tertiary alicyclic amines) is 2. The van der Waals surface area contributed by atoms with Gasteiger partial charge >= 0.3 is 5.76 Å². The topological polar surface area (TPSA) is 74.7 Å². The van der Waals surface area contributed by atoms with E-state index in [1.165, 1.54) is 43.2 Å². The molecule has 30 heavy (non-hydrogen) atoms. The van der Waals surface area contributed by atoms with Gasteiger partial charge in [0.05, 0.1) is 12.6 Å². The Balaban J connectivity index is 1.34. The summed E-state index contributed by atoms with van der Waals surface area (Å²) in [4.78, 5) is 17.2. The number of nitrogens with zero attached hydrogens (tertiary/aromatic N) is 4. The first-order chi connectivity index (χ1) is 14.6. The highest BCUT2D eigenvalue weighted by Gasteiger charge is 2.27. The average molecular weight is 415 g/mol. The molecular formula is C23H34N4O3. The molecule has 2 saturated heterocycles. The number of piperidine rings is 2. The number of aliphatic hydroxyl groups excluding tert-OH is 1. The summed E-state index contributed by atoms with van der Waals surface area (Å²) in [5, 5.41) is 14.7. The first-order valence-electron chi connectivity index (χ1n) is 11.4. The van der Waals surface area contributed by atoms with Gasteiger partial charge in [0.2, 0.25) is 0 Å². The van der Waals surface area contributed by atoms with Crippen LogP contribution in [0.15, 0.2) is 39.6 Å². The lowest BCUT2D eigenvalue weighted by atomic mass is 9.94. The highest BCUT2D eigenvalue weighted by molar-refractivity contribution is 5.54. The standard InChI is InChI=1S/C23H34N4O3/c1-18-8-5-6-13-26(18)15-19-9-7-12-25(14-19)16-21(28)17-27-22(24-30-23(27)29)20-10-3-2-4-11-20/h2-4,10-11,18-19,21,28H,5-9,12-17H2,1H3. The molecule has 0 radical (unpaired) electrons. The van der Waals surface area contributed by atoms with Crippen LogP contribution in [0.25, 0.3) is 11.4 Å². The van der Waals surface area contributed by atoms with Crippen LogP contribution in [0.1, 0.15) is 39.0 Å². The third-order valence-corrected chi connectivity index (χ3v) is 6.62. The molecule has 2 aliphatic rings. The van der Waals surface area contributed by atoms with Gasteiger partial charge in [-0.1, -0.05) is 41.9 Å². The van der Waals surface area contributed by atoms with Crippen LogP contribution in [0.2, 0.25) is 0 Å². The minimum absolute atomic E-state index is 0.191. The summed E-state index contributed by atoms with van der Waals surface area (Å²) < 4.78 is 6.32. The first-order valence-corrected chi connectivity index (χ1v) is 11.4. The molecule has 0 saturated carbocycles. The van der Waals surface area contributed by atoms with Crippen LogP contribution >= 0.6 is 0 Å². The Kier molecular flexibility index (Phi) is 7.02. The summed E-state index contributed by atoms with van der Waals surface area (Å²) in [6.07, 6.45) is 5.77. The van der Waals surface area contributed by atoms with Crippen LogP contribution < -0.4 is 5.76 Å². The quantitative estimate of drug-likeness (QED) is 0.750. The van der Waals surface area contributed by atoms with Gasteiger partial charge in [-0.2, -0.15) is 0 Å². The largest absolute Gasteiger partial charge is 0.441 e. The summed E-state index contributed by atoms with van der Waals surface area (Å²) >= 11 is 0. The smallest absolute Gasteiger partial charge is 0.390 e. The van der Waals surface area contributed by atoms with Crippen LogP contribution in [0, 0.1) is 5.92 Å². The third kappa shape index (κ3) is 5.20. The summed E-state index contributed by atoms with van der Waals surface area (Å²) in [7, 11) is 0. The van der Waals surface area contributed by atoms with E-state index < -0.39 is 11.9 Å². The Labute approximate surface area is 178 Å². The number of aliphatic hydroxyl groups is 1. The van der Waals surface area contributed by atoms with Gasteiger partial charge in [0, 0.05) is 31.2 Å². The minimum atomic E-state index is -0.641. The lowest BCUT2D eigenvalue weighted by Gasteiger charge is -2.40. The van der Waals surface area contributed by atoms with Gasteiger partial charge in [-0.25, -0.2) is 4.79 Å². The van der Waals surface area contributed by atoms with Crippen molar-refractivity contribution in [2.75, 3.05) is 32.7 Å². The Morgan fingerprint density at radius 3 is 2.77 bits per heavy atom. The molecule has 4 rings (SSSR count). The molecule has 7 nitrogen and oxygen atoms in total. The molecular weight excluding hydrogens is 380 g/mol. The zero-order chi connectivity index (χ0) is 20.9. The molecule has 164 valence electrons. The number of hydrogen-bond donors (Lipinski definition) is 1. The maximum atomic E-state index is 12.1. The van der Waals surface area contributed by atoms with Crippen molar-refractivity contribution in [3.8, 4) is 11.4 Å². The van der Waals surface area contributed by atoms with E-state index >= 15 is 0 Å². The van der Waals surface area contributed by atoms with Gasteiger partial charge in [-0.05, 0) is 51.6 Å². The highest BCUT2D eigenvalue weighted by atomic mass is 16.5. The number of hydrogen-bond acceptors (Lipinski definition) is 6. The van der Waals surface area contributed by atoms with Crippen LogP contribution in [-0.2, 0) is 6.54 Å². The second kappa shape index (κ2) is 9.90. The molecule has 3 heterocycles. The molecule has 3 atom stereocenters. The second-order valence-electron chi connectivity index (χ2n) is 9.01. The predicted octanol–water partition coefficient (Wildman–Crippen LogP) is 2.45. The second-order valence-corrected chi connectivity index (χ2v) is 9.01. The van der Waals surface area contributed by atoms with Gasteiger partial charge in [-0.3, -0.25) is 9.09 Å². The van der Waals surface area contributed by atoms with Crippen molar-refractivity contribution in [1.82, 2.24) is 19.5 Å². The normalized spacial score (nSPS) is 24.7. The molecule has 7 heteroatoms. The summed E-state index contributed by atoms with van der Waals surface area (Å²) in [6.45, 7) is 7.52. The molecule has 0 bridgehead atoms. The van der Waals surface area contributed by atoms with Gasteiger partial charge in [0.25, 0.3) is 0 Å². The monoisotopic (exact) mass is 414 g/mol. The van der Waals surface area contributed by atoms with E-state index in [0.717, 1.165) is 25.2 Å². The molecule has 2 aliphatic heterocycles. The van der Waals surface area contributed by atoms with Gasteiger partial charge in [0.15, 0.2) is 5.82 Å². The van der Waals surface area contributed by atoms with E-state index in [4.69, 9.17) is 4.52 Å². The van der Waals surface area contributed by atoms with Crippen molar-refractivity contribution < 1.29 is 9.63 Å². The van der Waals surface area contributed by atoms with Crippen molar-refractivity contribution in [3.63, 3.8) is 0 Å². The minimum Gasteiger partial charge on any atom is -0.390 e. The van der Waals surface area contributed by atoms with Gasteiger partial charge < -0.3 is 14.9 Å². The molecule has 3 unspecified atom stereocenters. The zero-order valence-corrected chi connectivity index (χ0v) is 17.9. The Hall–Kier alpha value is -1.96. The van der Waals surface area contributed by atoms with Crippen LogP contribution in [0.3, 0.4) is 0 Å². The summed E-state index contributed by atoms with van der Waals surface area (Å²) in [5.41, 5.74) is 0.809. The zero-order valence-electron chi connectivity index (χ0n) is 17.9. The summed E-state index contributed by atoms with van der Waals surface area (Å²) in [5.74, 6) is 0.600. The van der Waals surface area contributed by atoms with Crippen LogP contribution in [0.5, 0.6) is 0 Å². The Morgan fingerprint density at radius 2 is 1.97 bits per heavy atom. The Bertz CT molecular complexity index is 850. The van der Waals surface area contributed by atoms with E-state index in [1.54, 1.807) is 0 Å². The molecule has 2 fully saturated rings. The van der Waals surface area contributed by atoms with Crippen LogP contribution in [0.4, 0.5) is 0 Å². The molecule has 1 N–H and O–H groups in total. The number of benzene rings is 1. The lowest BCUT2D eigenvalue weighted by Crippen LogP contribution is -2.47. The maximum Gasteiger partial charge on any atom is 0.441 e. The average Bonchev–Trinajstić information content (AvgIpc) is 3.11. The fourth-order valence-electron chi connectivity index (χ4n) is 5.02. The summed E-state index contributed by atoms with van der Waals surface area (Å²) in [6, 6.07) is 10.2. The number of rotatable bonds is 7. The van der Waals surface area contributed by atoms with Gasteiger partial charge in [-0.15, -0.1) is 0 Å². The van der Waals surface area contributed by atoms with Crippen molar-refractivity contribution in [1.29, 1.82) is 0 Å². The van der Waals surface area contributed by atoms with Crippen molar-refractivity contribution in [2.45, 2.75) is 57.7 Å². The van der Waals surface area contributed by atoms with Crippen molar-refractivity contribution in [2.24, 2.45) is 5.92 Å². The SMILES string of the molecule is CC1CCCCN1CC1CCCN(CC(O)Cn2c(-c3ccccc3)noc2=O)C1. The molecule has 0 aliphatic carbocycles. The highest BCUT2D eigenvalue weighted by Crippen LogP contribution is 2.23. The van der Waals surface area contributed by atoms with Gasteiger partial charge in [0.1, 0.15) is 0 Å². The van der Waals surface area contributed by atoms with E-state index in [0.29, 0.717) is 24.3 Å². The molecule has 0 spiro atoms. The van der Waals surface area contributed by atoms with Crippen molar-refractivity contribution >= 4 is 0 Å². The lowest BCUT2D eigenvalue weighted by molar-refractivity contribution is 0.0548. The molecule has 0 amide bonds. The number of β-amino-alcohol motifs (C(OH)–C–C–N with tert-alkyl or cyclic N) is 1. The fraction of sp³-hybridized carbons (Fsp3) is 0.652. The first kappa shape index (κ1) is 21.3. The van der Waals surface area contributed by atoms with Crippen LogP contribution in [-0.4, -0.2) is 69.5 Å².